The lowest BCUT2D eigenvalue weighted by molar-refractivity contribution is 0.0946. The molecule has 3 aromatic rings. The summed E-state index contributed by atoms with van der Waals surface area (Å²) in [5.41, 5.74) is 6.06. The third kappa shape index (κ3) is 2.91. The standard InChI is InChI=1S/C20H21ClN6O/c1-10-19(24-11-7-12(8-11)27-21)26-18-13(3-2-4-16(18)23-10)17-9-14-15(25-17)5-6-22-20(14)28/h2-4,9,11-12,25,27H,5-8H2,1H3,(H,22,28)(H,24,26). The monoisotopic (exact) mass is 396 g/mol. The van der Waals surface area contributed by atoms with E-state index in [9.17, 15) is 4.79 Å². The van der Waals surface area contributed by atoms with Crippen molar-refractivity contribution in [1.29, 1.82) is 0 Å². The first-order chi connectivity index (χ1) is 13.6. The van der Waals surface area contributed by atoms with Gasteiger partial charge >= 0.3 is 0 Å². The smallest absolute Gasteiger partial charge is 0.253 e. The summed E-state index contributed by atoms with van der Waals surface area (Å²) in [7, 11) is 0. The summed E-state index contributed by atoms with van der Waals surface area (Å²) in [6, 6.07) is 8.56. The number of carbonyl (C=O) groups excluding carboxylic acids is 1. The zero-order valence-corrected chi connectivity index (χ0v) is 16.2. The minimum absolute atomic E-state index is 0.0271. The van der Waals surface area contributed by atoms with E-state index in [1.54, 1.807) is 0 Å². The summed E-state index contributed by atoms with van der Waals surface area (Å²) in [6.07, 6.45) is 2.73. The van der Waals surface area contributed by atoms with Crippen molar-refractivity contribution in [3.8, 4) is 11.3 Å². The maximum Gasteiger partial charge on any atom is 0.253 e. The van der Waals surface area contributed by atoms with Gasteiger partial charge in [0.2, 0.25) is 0 Å². The Balaban J connectivity index is 1.54. The van der Waals surface area contributed by atoms with E-state index in [2.05, 4.69) is 20.5 Å². The molecule has 7 nitrogen and oxygen atoms in total. The normalized spacial score (nSPS) is 21.1. The summed E-state index contributed by atoms with van der Waals surface area (Å²) in [6.45, 7) is 2.63. The minimum atomic E-state index is -0.0271. The topological polar surface area (TPSA) is 94.7 Å². The summed E-state index contributed by atoms with van der Waals surface area (Å²) >= 11 is 5.69. The van der Waals surface area contributed by atoms with Crippen LogP contribution in [0, 0.1) is 6.92 Å². The van der Waals surface area contributed by atoms with Crippen LogP contribution in [0.2, 0.25) is 0 Å². The lowest BCUT2D eigenvalue weighted by Gasteiger charge is -2.35. The van der Waals surface area contributed by atoms with Gasteiger partial charge in [0.1, 0.15) is 11.3 Å². The number of H-pyrrole nitrogens is 1. The number of hydrogen-bond acceptors (Lipinski definition) is 5. The van der Waals surface area contributed by atoms with Crippen molar-refractivity contribution in [2.75, 3.05) is 11.9 Å². The van der Waals surface area contributed by atoms with Crippen LogP contribution < -0.4 is 15.5 Å². The number of benzene rings is 1. The fourth-order valence-electron chi connectivity index (χ4n) is 3.98. The van der Waals surface area contributed by atoms with Gasteiger partial charge in [0.15, 0.2) is 0 Å². The Labute approximate surface area is 167 Å². The van der Waals surface area contributed by atoms with Crippen LogP contribution in [-0.2, 0) is 6.42 Å². The van der Waals surface area contributed by atoms with E-state index in [0.29, 0.717) is 24.2 Å². The fraction of sp³-hybridized carbons (Fsp3) is 0.350. The molecule has 1 fully saturated rings. The third-order valence-corrected chi connectivity index (χ3v) is 5.91. The molecule has 1 aliphatic heterocycles. The second-order valence-electron chi connectivity index (χ2n) is 7.53. The van der Waals surface area contributed by atoms with Gasteiger partial charge in [-0.25, -0.2) is 14.8 Å². The Morgan fingerprint density at radius 2 is 2.04 bits per heavy atom. The first-order valence-corrected chi connectivity index (χ1v) is 9.90. The van der Waals surface area contributed by atoms with Gasteiger partial charge in [0.25, 0.3) is 5.91 Å². The number of anilines is 1. The van der Waals surface area contributed by atoms with Gasteiger partial charge in [-0.1, -0.05) is 12.1 Å². The zero-order valence-electron chi connectivity index (χ0n) is 15.5. The van der Waals surface area contributed by atoms with Crippen LogP contribution in [-0.4, -0.2) is 39.5 Å². The van der Waals surface area contributed by atoms with Crippen LogP contribution >= 0.6 is 11.8 Å². The Morgan fingerprint density at radius 1 is 1.18 bits per heavy atom. The van der Waals surface area contributed by atoms with Crippen molar-refractivity contribution in [1.82, 2.24) is 25.1 Å². The number of rotatable bonds is 4. The molecule has 0 bridgehead atoms. The molecule has 1 aliphatic carbocycles. The van der Waals surface area contributed by atoms with Crippen LogP contribution in [0.4, 0.5) is 5.82 Å². The predicted octanol–water partition coefficient (Wildman–Crippen LogP) is 2.91. The van der Waals surface area contributed by atoms with E-state index < -0.39 is 0 Å². The maximum absolute atomic E-state index is 12.1. The molecule has 5 rings (SSSR count). The van der Waals surface area contributed by atoms with E-state index in [1.807, 2.05) is 31.2 Å². The predicted molar refractivity (Wildman–Crippen MR) is 110 cm³/mol. The van der Waals surface area contributed by atoms with Gasteiger partial charge in [-0.2, -0.15) is 0 Å². The van der Waals surface area contributed by atoms with E-state index in [1.165, 1.54) is 0 Å². The van der Waals surface area contributed by atoms with Crippen LogP contribution in [0.1, 0.15) is 34.6 Å². The van der Waals surface area contributed by atoms with E-state index in [-0.39, 0.29) is 5.91 Å². The van der Waals surface area contributed by atoms with Gasteiger partial charge in [-0.3, -0.25) is 4.79 Å². The number of halogens is 1. The molecule has 1 saturated carbocycles. The lowest BCUT2D eigenvalue weighted by Crippen LogP contribution is -2.44. The van der Waals surface area contributed by atoms with Crippen molar-refractivity contribution in [3.63, 3.8) is 0 Å². The summed E-state index contributed by atoms with van der Waals surface area (Å²) in [4.78, 5) is 28.0. The number of nitrogens with one attached hydrogen (secondary N) is 4. The van der Waals surface area contributed by atoms with Crippen molar-refractivity contribution in [2.24, 2.45) is 0 Å². The summed E-state index contributed by atoms with van der Waals surface area (Å²) < 4.78 is 0. The largest absolute Gasteiger partial charge is 0.366 e. The second-order valence-corrected chi connectivity index (χ2v) is 7.75. The summed E-state index contributed by atoms with van der Waals surface area (Å²) in [5, 5.41) is 6.38. The van der Waals surface area contributed by atoms with Crippen LogP contribution in [0.15, 0.2) is 24.3 Å². The molecule has 2 aromatic heterocycles. The van der Waals surface area contributed by atoms with Gasteiger partial charge in [-0.15, -0.1) is 0 Å². The van der Waals surface area contributed by atoms with Gasteiger partial charge in [-0.05, 0) is 43.7 Å². The van der Waals surface area contributed by atoms with Crippen molar-refractivity contribution >= 4 is 34.5 Å². The van der Waals surface area contributed by atoms with Crippen LogP contribution in [0.25, 0.3) is 22.3 Å². The molecule has 3 heterocycles. The third-order valence-electron chi connectivity index (χ3n) is 5.60. The number of aromatic amines is 1. The number of hydrogen-bond donors (Lipinski definition) is 4. The number of fused-ring (bicyclic) bond motifs is 2. The Hall–Kier alpha value is -2.64. The van der Waals surface area contributed by atoms with Gasteiger partial charge < -0.3 is 15.6 Å². The molecular formula is C20H21ClN6O. The number of aryl methyl sites for hydroxylation is 1. The molecule has 0 atom stereocenters. The highest BCUT2D eigenvalue weighted by Gasteiger charge is 2.29. The molecule has 2 aliphatic rings. The number of aromatic nitrogens is 3. The zero-order chi connectivity index (χ0) is 19.3. The minimum Gasteiger partial charge on any atom is -0.366 e. The van der Waals surface area contributed by atoms with Crippen molar-refractivity contribution in [3.05, 3.63) is 41.2 Å². The molecule has 0 unspecified atom stereocenters. The molecular weight excluding hydrogens is 376 g/mol. The SMILES string of the molecule is Cc1nc2cccc(-c3cc4c([nH]3)CCNC4=O)c2nc1NC1CC(NCl)C1. The number of nitrogens with zero attached hydrogens (tertiary/aromatic N) is 2. The van der Waals surface area contributed by atoms with E-state index >= 15 is 0 Å². The fourth-order valence-corrected chi connectivity index (χ4v) is 4.15. The second kappa shape index (κ2) is 6.76. The highest BCUT2D eigenvalue weighted by molar-refractivity contribution is 6.13. The summed E-state index contributed by atoms with van der Waals surface area (Å²) in [5.74, 6) is 0.771. The molecule has 1 amide bonds. The first kappa shape index (κ1) is 17.5. The average molecular weight is 397 g/mol. The molecule has 0 saturated heterocycles. The Kier molecular flexibility index (Phi) is 4.21. The number of para-hydroxylation sites is 1. The number of carbonyl (C=O) groups is 1. The molecule has 144 valence electrons. The Bertz CT molecular complexity index is 1070. The average Bonchev–Trinajstić information content (AvgIpc) is 3.09. The first-order valence-electron chi connectivity index (χ1n) is 9.53. The van der Waals surface area contributed by atoms with Crippen LogP contribution in [0.3, 0.4) is 0 Å². The quantitative estimate of drug-likeness (QED) is 0.509. The highest BCUT2D eigenvalue weighted by atomic mass is 35.5. The van der Waals surface area contributed by atoms with Crippen molar-refractivity contribution < 1.29 is 4.79 Å². The van der Waals surface area contributed by atoms with E-state index in [4.69, 9.17) is 21.7 Å². The van der Waals surface area contributed by atoms with Gasteiger partial charge in [0, 0.05) is 42.0 Å². The molecule has 8 heteroatoms. The molecule has 1 aromatic carbocycles. The van der Waals surface area contributed by atoms with Crippen LogP contribution in [0.5, 0.6) is 0 Å². The lowest BCUT2D eigenvalue weighted by atomic mass is 9.87. The molecule has 4 N–H and O–H groups in total. The number of amides is 1. The van der Waals surface area contributed by atoms with Crippen molar-refractivity contribution in [2.45, 2.75) is 38.3 Å². The van der Waals surface area contributed by atoms with E-state index in [0.717, 1.165) is 58.8 Å². The maximum atomic E-state index is 12.1. The molecule has 28 heavy (non-hydrogen) atoms. The highest BCUT2D eigenvalue weighted by Crippen LogP contribution is 2.31. The van der Waals surface area contributed by atoms with Gasteiger partial charge in [0.05, 0.1) is 16.8 Å². The molecule has 0 spiro atoms. The molecule has 0 radical (unpaired) electrons. The Morgan fingerprint density at radius 3 is 2.82 bits per heavy atom.